The number of nitrogens with two attached hydrogens (primary N) is 1. The Kier molecular flexibility index (Phi) is 4.14. The number of aromatic amines is 1. The number of halogens is 1. The van der Waals surface area contributed by atoms with Crippen LogP contribution in [0.15, 0.2) is 43.0 Å². The number of fused-ring (bicyclic) bond motifs is 1. The van der Waals surface area contributed by atoms with E-state index in [4.69, 9.17) is 22.1 Å². The minimum absolute atomic E-state index is 0.296. The molecule has 0 aliphatic carbocycles. The Hall–Kier alpha value is -3.19. The van der Waals surface area contributed by atoms with Crippen molar-refractivity contribution in [3.63, 3.8) is 0 Å². The van der Waals surface area contributed by atoms with E-state index in [2.05, 4.69) is 25.1 Å². The largest absolute Gasteiger partial charge is 0.485 e. The van der Waals surface area contributed by atoms with Crippen molar-refractivity contribution in [2.75, 3.05) is 5.73 Å². The van der Waals surface area contributed by atoms with Crippen LogP contribution in [0, 0.1) is 6.92 Å². The lowest BCUT2D eigenvalue weighted by Gasteiger charge is -2.15. The number of nitrogens with zero attached hydrogens (tertiary/aromatic N) is 4. The lowest BCUT2D eigenvalue weighted by Crippen LogP contribution is -2.02. The maximum atomic E-state index is 6.33. The highest BCUT2D eigenvalue weighted by molar-refractivity contribution is 6.31. The third kappa shape index (κ3) is 2.82. The van der Waals surface area contributed by atoms with Gasteiger partial charge in [-0.2, -0.15) is 5.10 Å². The second kappa shape index (κ2) is 6.61. The van der Waals surface area contributed by atoms with Crippen molar-refractivity contribution in [3.8, 4) is 16.9 Å². The van der Waals surface area contributed by atoms with Crippen molar-refractivity contribution in [1.29, 1.82) is 0 Å². The Morgan fingerprint density at radius 1 is 1.15 bits per heavy atom. The van der Waals surface area contributed by atoms with E-state index in [9.17, 15) is 0 Å². The summed E-state index contributed by atoms with van der Waals surface area (Å²) in [6.07, 6.45) is 4.79. The van der Waals surface area contributed by atoms with Gasteiger partial charge in [0.1, 0.15) is 29.7 Å². The standard InChI is InChI=1S/C18H15ClN6O/c1-10-12(3-2-4-13(10)19)15-14(26-8-11-5-6-24-25-11)7-21-17-16(15)22-9-23-18(17)20/h2-7,9H,8H2,1H3,(H,24,25)(H2,20,22,23). The number of ether oxygens (including phenoxy) is 1. The number of aromatic nitrogens is 5. The van der Waals surface area contributed by atoms with Crippen LogP contribution in [0.25, 0.3) is 22.2 Å². The summed E-state index contributed by atoms with van der Waals surface area (Å²) >= 11 is 6.33. The average Bonchev–Trinajstić information content (AvgIpc) is 3.16. The van der Waals surface area contributed by atoms with Gasteiger partial charge in [-0.05, 0) is 30.2 Å². The van der Waals surface area contributed by atoms with E-state index in [-0.39, 0.29) is 0 Å². The van der Waals surface area contributed by atoms with Gasteiger partial charge in [-0.15, -0.1) is 0 Å². The number of nitrogen functional groups attached to an aromatic ring is 1. The third-order valence-electron chi connectivity index (χ3n) is 4.12. The van der Waals surface area contributed by atoms with E-state index >= 15 is 0 Å². The van der Waals surface area contributed by atoms with E-state index in [0.717, 1.165) is 22.4 Å². The summed E-state index contributed by atoms with van der Waals surface area (Å²) in [7, 11) is 0. The SMILES string of the molecule is Cc1c(Cl)cccc1-c1c(OCc2cc[nH]n2)cnc2c(N)ncnc12. The van der Waals surface area contributed by atoms with Gasteiger partial charge in [0.25, 0.3) is 0 Å². The molecule has 0 amide bonds. The van der Waals surface area contributed by atoms with Crippen molar-refractivity contribution >= 4 is 28.5 Å². The molecule has 0 bridgehead atoms. The maximum Gasteiger partial charge on any atom is 0.153 e. The minimum Gasteiger partial charge on any atom is -0.485 e. The van der Waals surface area contributed by atoms with E-state index in [0.29, 0.717) is 34.2 Å². The van der Waals surface area contributed by atoms with Gasteiger partial charge in [-0.1, -0.05) is 23.7 Å². The second-order valence-electron chi connectivity index (χ2n) is 5.72. The predicted octanol–water partition coefficient (Wildman–Crippen LogP) is 3.54. The number of hydrogen-bond donors (Lipinski definition) is 2. The fourth-order valence-electron chi connectivity index (χ4n) is 2.78. The quantitative estimate of drug-likeness (QED) is 0.572. The summed E-state index contributed by atoms with van der Waals surface area (Å²) in [5.41, 5.74) is 10.5. The molecule has 3 aromatic heterocycles. The Labute approximate surface area is 154 Å². The number of benzene rings is 1. The highest BCUT2D eigenvalue weighted by Gasteiger charge is 2.18. The van der Waals surface area contributed by atoms with Crippen molar-refractivity contribution < 1.29 is 4.74 Å². The van der Waals surface area contributed by atoms with Crippen LogP contribution >= 0.6 is 11.6 Å². The number of hydrogen-bond acceptors (Lipinski definition) is 6. The first kappa shape index (κ1) is 16.3. The van der Waals surface area contributed by atoms with Crippen LogP contribution in [0.3, 0.4) is 0 Å². The molecule has 26 heavy (non-hydrogen) atoms. The van der Waals surface area contributed by atoms with Gasteiger partial charge in [0.2, 0.25) is 0 Å². The molecule has 0 unspecified atom stereocenters. The van der Waals surface area contributed by atoms with Crippen LogP contribution in [0.2, 0.25) is 5.02 Å². The van der Waals surface area contributed by atoms with E-state index in [1.54, 1.807) is 12.4 Å². The molecule has 0 aliphatic rings. The monoisotopic (exact) mass is 366 g/mol. The molecule has 4 rings (SSSR count). The van der Waals surface area contributed by atoms with Crippen LogP contribution in [0.1, 0.15) is 11.3 Å². The topological polar surface area (TPSA) is 103 Å². The predicted molar refractivity (Wildman–Crippen MR) is 99.8 cm³/mol. The summed E-state index contributed by atoms with van der Waals surface area (Å²) < 4.78 is 5.99. The second-order valence-corrected chi connectivity index (χ2v) is 6.13. The molecular weight excluding hydrogens is 352 g/mol. The molecule has 3 N–H and O–H groups in total. The summed E-state index contributed by atoms with van der Waals surface area (Å²) in [6, 6.07) is 7.55. The number of rotatable bonds is 4. The van der Waals surface area contributed by atoms with Gasteiger partial charge in [0.15, 0.2) is 5.82 Å². The zero-order valence-electron chi connectivity index (χ0n) is 13.9. The van der Waals surface area contributed by atoms with Crippen molar-refractivity contribution in [1.82, 2.24) is 25.1 Å². The molecule has 3 heterocycles. The van der Waals surface area contributed by atoms with E-state index in [1.807, 2.05) is 31.2 Å². The van der Waals surface area contributed by atoms with Crippen LogP contribution in [-0.2, 0) is 6.61 Å². The van der Waals surface area contributed by atoms with Gasteiger partial charge >= 0.3 is 0 Å². The summed E-state index contributed by atoms with van der Waals surface area (Å²) in [4.78, 5) is 12.8. The van der Waals surface area contributed by atoms with Crippen LogP contribution in [0.5, 0.6) is 5.75 Å². The van der Waals surface area contributed by atoms with Crippen molar-refractivity contribution in [2.45, 2.75) is 13.5 Å². The molecule has 0 atom stereocenters. The Morgan fingerprint density at radius 3 is 2.85 bits per heavy atom. The Balaban J connectivity index is 1.92. The van der Waals surface area contributed by atoms with Crippen LogP contribution < -0.4 is 10.5 Å². The smallest absolute Gasteiger partial charge is 0.153 e. The third-order valence-corrected chi connectivity index (χ3v) is 4.53. The molecule has 0 aliphatic heterocycles. The normalized spacial score (nSPS) is 11.0. The van der Waals surface area contributed by atoms with E-state index < -0.39 is 0 Å². The fourth-order valence-corrected chi connectivity index (χ4v) is 2.95. The molecule has 0 radical (unpaired) electrons. The first-order valence-corrected chi connectivity index (χ1v) is 8.29. The molecule has 0 spiro atoms. The molecule has 0 fully saturated rings. The van der Waals surface area contributed by atoms with Gasteiger partial charge in [-0.3, -0.25) is 5.10 Å². The summed E-state index contributed by atoms with van der Waals surface area (Å²) in [5.74, 6) is 0.888. The van der Waals surface area contributed by atoms with Crippen molar-refractivity contribution in [3.05, 3.63) is 59.3 Å². The van der Waals surface area contributed by atoms with Gasteiger partial charge in [0.05, 0.1) is 17.5 Å². The molecule has 0 saturated heterocycles. The zero-order chi connectivity index (χ0) is 18.1. The number of nitrogens with one attached hydrogen (secondary N) is 1. The number of anilines is 1. The highest BCUT2D eigenvalue weighted by atomic mass is 35.5. The molecule has 4 aromatic rings. The molecular formula is C18H15ClN6O. The van der Waals surface area contributed by atoms with Gasteiger partial charge in [0, 0.05) is 11.2 Å². The lowest BCUT2D eigenvalue weighted by molar-refractivity contribution is 0.301. The molecule has 1 aromatic carbocycles. The van der Waals surface area contributed by atoms with Crippen molar-refractivity contribution in [2.24, 2.45) is 0 Å². The number of pyridine rings is 1. The molecule has 130 valence electrons. The Bertz CT molecular complexity index is 1080. The number of H-pyrrole nitrogens is 1. The van der Waals surface area contributed by atoms with Crippen LogP contribution in [-0.4, -0.2) is 25.1 Å². The van der Waals surface area contributed by atoms with Gasteiger partial charge in [-0.25, -0.2) is 15.0 Å². The molecule has 0 saturated carbocycles. The fraction of sp³-hybridized carbons (Fsp3) is 0.111. The maximum absolute atomic E-state index is 6.33. The first-order chi connectivity index (χ1) is 12.6. The van der Waals surface area contributed by atoms with E-state index in [1.165, 1.54) is 6.33 Å². The molecule has 8 heteroatoms. The zero-order valence-corrected chi connectivity index (χ0v) is 14.7. The average molecular weight is 367 g/mol. The Morgan fingerprint density at radius 2 is 2.04 bits per heavy atom. The highest BCUT2D eigenvalue weighted by Crippen LogP contribution is 2.39. The summed E-state index contributed by atoms with van der Waals surface area (Å²) in [5, 5.41) is 7.53. The summed E-state index contributed by atoms with van der Waals surface area (Å²) in [6.45, 7) is 2.25. The first-order valence-electron chi connectivity index (χ1n) is 7.91. The minimum atomic E-state index is 0.296. The lowest BCUT2D eigenvalue weighted by atomic mass is 9.99. The van der Waals surface area contributed by atoms with Gasteiger partial charge < -0.3 is 10.5 Å². The van der Waals surface area contributed by atoms with Crippen LogP contribution in [0.4, 0.5) is 5.82 Å². The molecule has 7 nitrogen and oxygen atoms in total.